The zero-order valence-electron chi connectivity index (χ0n) is 8.71. The van der Waals surface area contributed by atoms with E-state index >= 15 is 0 Å². The Balaban J connectivity index is 2.87. The average Bonchev–Trinajstić information content (AvgIpc) is 2.51. The first-order valence-electron chi connectivity index (χ1n) is 4.36. The summed E-state index contributed by atoms with van der Waals surface area (Å²) in [6, 6.07) is 3.49. The van der Waals surface area contributed by atoms with Crippen LogP contribution in [0.25, 0.3) is 5.65 Å². The Bertz CT molecular complexity index is 647. The number of thioether (sulfide) groups is 1. The fourth-order valence-corrected chi connectivity index (χ4v) is 2.64. The van der Waals surface area contributed by atoms with Gasteiger partial charge < -0.3 is 0 Å². The molecule has 16 heavy (non-hydrogen) atoms. The molecule has 6 nitrogen and oxygen atoms in total. The fraction of sp³-hybridized carbons (Fsp3) is 0.250. The van der Waals surface area contributed by atoms with Crippen molar-refractivity contribution in [1.82, 2.24) is 14.6 Å². The lowest BCUT2D eigenvalue weighted by molar-refractivity contribution is 0.587. The highest BCUT2D eigenvalue weighted by atomic mass is 32.2. The van der Waals surface area contributed by atoms with Crippen LogP contribution in [0.1, 0.15) is 5.69 Å². The molecule has 0 amide bonds. The van der Waals surface area contributed by atoms with Gasteiger partial charge in [0.1, 0.15) is 5.03 Å². The number of aromatic nitrogens is 3. The Morgan fingerprint density at radius 3 is 2.69 bits per heavy atom. The topological polar surface area (TPSA) is 90.3 Å². The van der Waals surface area contributed by atoms with E-state index < -0.39 is 10.0 Å². The molecule has 0 spiro atoms. The number of sulfonamides is 1. The molecule has 0 aromatic carbocycles. The van der Waals surface area contributed by atoms with Gasteiger partial charge in [0.25, 0.3) is 10.0 Å². The molecule has 8 heteroatoms. The number of hydrogen-bond acceptors (Lipinski definition) is 5. The summed E-state index contributed by atoms with van der Waals surface area (Å²) in [6.45, 7) is 1.59. The molecule has 0 aliphatic heterocycles. The van der Waals surface area contributed by atoms with Crippen LogP contribution in [0.4, 0.5) is 0 Å². The molecular weight excluding hydrogens is 248 g/mol. The van der Waals surface area contributed by atoms with Crippen LogP contribution >= 0.6 is 11.8 Å². The highest BCUT2D eigenvalue weighted by Gasteiger charge is 2.20. The largest absolute Gasteiger partial charge is 0.257 e. The molecule has 0 fully saturated rings. The first-order chi connectivity index (χ1) is 7.43. The zero-order chi connectivity index (χ0) is 11.9. The van der Waals surface area contributed by atoms with Crippen LogP contribution in [0, 0.1) is 6.92 Å². The van der Waals surface area contributed by atoms with E-state index in [0.29, 0.717) is 16.4 Å². The van der Waals surface area contributed by atoms with Gasteiger partial charge in [-0.3, -0.25) is 0 Å². The lowest BCUT2D eigenvalue weighted by atomic mass is 10.6. The average molecular weight is 258 g/mol. The van der Waals surface area contributed by atoms with Gasteiger partial charge in [-0.25, -0.2) is 18.5 Å². The Hall–Kier alpha value is -1.12. The van der Waals surface area contributed by atoms with Crippen LogP contribution in [-0.2, 0) is 10.0 Å². The van der Waals surface area contributed by atoms with E-state index in [9.17, 15) is 8.42 Å². The quantitative estimate of drug-likeness (QED) is 0.788. The zero-order valence-corrected chi connectivity index (χ0v) is 10.3. The van der Waals surface area contributed by atoms with E-state index in [1.54, 1.807) is 19.1 Å². The van der Waals surface area contributed by atoms with Gasteiger partial charge in [0, 0.05) is 0 Å². The first-order valence-corrected chi connectivity index (χ1v) is 7.14. The van der Waals surface area contributed by atoms with Gasteiger partial charge in [-0.05, 0) is 25.3 Å². The smallest absolute Gasteiger partial charge is 0.231 e. The van der Waals surface area contributed by atoms with E-state index in [4.69, 9.17) is 5.14 Å². The van der Waals surface area contributed by atoms with Gasteiger partial charge in [0.2, 0.25) is 0 Å². The minimum Gasteiger partial charge on any atom is -0.231 e. The molecule has 2 N–H and O–H groups in total. The molecular formula is C8H10N4O2S2. The van der Waals surface area contributed by atoms with Crippen molar-refractivity contribution >= 4 is 27.4 Å². The van der Waals surface area contributed by atoms with Gasteiger partial charge >= 0.3 is 0 Å². The molecule has 0 bridgehead atoms. The van der Waals surface area contributed by atoms with Crippen LogP contribution in [0.3, 0.4) is 0 Å². The molecule has 0 saturated carbocycles. The number of imidazole rings is 1. The van der Waals surface area contributed by atoms with Gasteiger partial charge in [-0.2, -0.15) is 9.61 Å². The van der Waals surface area contributed by atoms with E-state index in [0.717, 1.165) is 0 Å². The molecule has 0 atom stereocenters. The van der Waals surface area contributed by atoms with Crippen molar-refractivity contribution in [2.45, 2.75) is 17.0 Å². The highest BCUT2D eigenvalue weighted by molar-refractivity contribution is 7.98. The van der Waals surface area contributed by atoms with Crippen molar-refractivity contribution in [1.29, 1.82) is 0 Å². The maximum atomic E-state index is 11.4. The Morgan fingerprint density at radius 1 is 1.44 bits per heavy atom. The van der Waals surface area contributed by atoms with Gasteiger partial charge in [-0.1, -0.05) is 0 Å². The summed E-state index contributed by atoms with van der Waals surface area (Å²) < 4.78 is 24.1. The normalized spacial score (nSPS) is 12.2. The van der Waals surface area contributed by atoms with Crippen LogP contribution in [0.5, 0.6) is 0 Å². The second-order valence-corrected chi connectivity index (χ2v) is 5.50. The van der Waals surface area contributed by atoms with Crippen molar-refractivity contribution in [2.24, 2.45) is 5.14 Å². The lowest BCUT2D eigenvalue weighted by Gasteiger charge is -2.00. The Labute approximate surface area is 96.9 Å². The van der Waals surface area contributed by atoms with Crippen molar-refractivity contribution in [3.63, 3.8) is 0 Å². The fourth-order valence-electron chi connectivity index (χ4n) is 1.44. The maximum absolute atomic E-state index is 11.4. The molecule has 2 aromatic heterocycles. The van der Waals surface area contributed by atoms with Crippen LogP contribution in [-0.4, -0.2) is 29.3 Å². The number of hydrogen-bond donors (Lipinski definition) is 1. The Kier molecular flexibility index (Phi) is 2.64. The van der Waals surface area contributed by atoms with Gasteiger partial charge in [0.15, 0.2) is 10.7 Å². The molecule has 0 aliphatic carbocycles. The summed E-state index contributed by atoms with van der Waals surface area (Å²) in [5.74, 6) is 0. The van der Waals surface area contributed by atoms with Gasteiger partial charge in [-0.15, -0.1) is 11.8 Å². The van der Waals surface area contributed by atoms with Gasteiger partial charge in [0.05, 0.1) is 5.69 Å². The molecule has 86 valence electrons. The number of rotatable bonds is 2. The van der Waals surface area contributed by atoms with Crippen molar-refractivity contribution < 1.29 is 8.42 Å². The number of fused-ring (bicyclic) bond motifs is 1. The molecule has 2 heterocycles. The minimum absolute atomic E-state index is 0.0570. The third kappa shape index (κ3) is 1.79. The first kappa shape index (κ1) is 11.4. The second kappa shape index (κ2) is 3.72. The number of aryl methyl sites for hydroxylation is 1. The monoisotopic (exact) mass is 258 g/mol. The van der Waals surface area contributed by atoms with E-state index in [2.05, 4.69) is 10.1 Å². The van der Waals surface area contributed by atoms with Crippen molar-refractivity contribution in [2.75, 3.05) is 6.26 Å². The molecule has 2 rings (SSSR count). The summed E-state index contributed by atoms with van der Waals surface area (Å²) in [6.07, 6.45) is 1.86. The number of nitrogens with two attached hydrogens (primary N) is 1. The minimum atomic E-state index is -3.81. The SMILES string of the molecule is CSc1ccc2nc(C)c(S(N)(=O)=O)n2n1. The summed E-state index contributed by atoms with van der Waals surface area (Å²) in [7, 11) is -3.81. The standard InChI is InChI=1S/C8H10N4O2S2/c1-5-8(16(9,13)14)12-6(10-5)3-4-7(11-12)15-2/h3-4H,1-2H3,(H2,9,13,14). The summed E-state index contributed by atoms with van der Waals surface area (Å²) in [5.41, 5.74) is 0.826. The predicted molar refractivity (Wildman–Crippen MR) is 60.9 cm³/mol. The summed E-state index contributed by atoms with van der Waals surface area (Å²) in [5, 5.41) is 9.91. The third-order valence-electron chi connectivity index (χ3n) is 2.05. The lowest BCUT2D eigenvalue weighted by Crippen LogP contribution is -2.16. The van der Waals surface area contributed by atoms with E-state index in [1.807, 2.05) is 6.26 Å². The second-order valence-electron chi connectivity index (χ2n) is 3.19. The molecule has 2 aromatic rings. The summed E-state index contributed by atoms with van der Waals surface area (Å²) >= 11 is 1.42. The molecule has 0 saturated heterocycles. The van der Waals surface area contributed by atoms with E-state index in [-0.39, 0.29) is 5.03 Å². The van der Waals surface area contributed by atoms with Crippen molar-refractivity contribution in [3.05, 3.63) is 17.8 Å². The number of primary sulfonamides is 1. The van der Waals surface area contributed by atoms with Crippen LogP contribution in [0.2, 0.25) is 0 Å². The van der Waals surface area contributed by atoms with E-state index in [1.165, 1.54) is 16.3 Å². The van der Waals surface area contributed by atoms with Crippen LogP contribution in [0.15, 0.2) is 22.2 Å². The van der Waals surface area contributed by atoms with Crippen molar-refractivity contribution in [3.8, 4) is 0 Å². The molecule has 0 unspecified atom stereocenters. The maximum Gasteiger partial charge on any atom is 0.257 e. The molecule has 0 aliphatic rings. The molecule has 0 radical (unpaired) electrons. The third-order valence-corrected chi connectivity index (χ3v) is 3.70. The Morgan fingerprint density at radius 2 is 2.12 bits per heavy atom. The number of nitrogens with zero attached hydrogens (tertiary/aromatic N) is 3. The predicted octanol–water partition coefficient (Wildman–Crippen LogP) is 0.407. The summed E-state index contributed by atoms with van der Waals surface area (Å²) in [4.78, 5) is 4.09. The highest BCUT2D eigenvalue weighted by Crippen LogP contribution is 2.18. The van der Waals surface area contributed by atoms with Crippen LogP contribution < -0.4 is 5.14 Å².